The Kier molecular flexibility index (Phi) is 4.48. The van der Waals surface area contributed by atoms with Crippen LogP contribution in [-0.4, -0.2) is 21.0 Å². The number of rotatable bonds is 2. The number of aromatic carboxylic acids is 1. The minimum atomic E-state index is -1.31. The molecule has 1 rings (SSSR count). The first-order valence-corrected chi connectivity index (χ1v) is 3.11. The number of hydrogen-bond donors (Lipinski definition) is 1. The number of nitro groups is 1. The molecule has 1 aromatic heterocycles. The summed E-state index contributed by atoms with van der Waals surface area (Å²) in [5.41, 5.74) is 6.08. The molecule has 7 nitrogen and oxygen atoms in total. The minimum Gasteiger partial charge on any atom is -0.478 e. The summed E-state index contributed by atoms with van der Waals surface area (Å²) >= 11 is 0. The van der Waals surface area contributed by atoms with Crippen LogP contribution in [0.25, 0.3) is 5.73 Å². The van der Waals surface area contributed by atoms with Crippen LogP contribution in [0.3, 0.4) is 0 Å². The third kappa shape index (κ3) is 2.66. The van der Waals surface area contributed by atoms with Crippen LogP contribution in [0, 0.1) is 10.1 Å². The van der Waals surface area contributed by atoms with Crippen LogP contribution in [0.4, 0.5) is 11.5 Å². The smallest absolute Gasteiger partial charge is 0.478 e. The summed E-state index contributed by atoms with van der Waals surface area (Å²) in [7, 11) is 0. The van der Waals surface area contributed by atoms with E-state index in [2.05, 4.69) is 4.98 Å². The molecule has 0 aromatic carbocycles. The number of nitrogens with one attached hydrogen (secondary N) is 1. The molecule has 8 heteroatoms. The van der Waals surface area contributed by atoms with Crippen molar-refractivity contribution < 1.29 is 44.4 Å². The topological polar surface area (TPSA) is 117 Å². The van der Waals surface area contributed by atoms with E-state index in [1.165, 1.54) is 0 Å². The summed E-state index contributed by atoms with van der Waals surface area (Å²) in [6, 6.07) is 0.803. The van der Waals surface area contributed by atoms with Gasteiger partial charge in [0.15, 0.2) is 0 Å². The molecule has 0 aliphatic carbocycles. The standard InChI is InChI=1S/C6H5N3O4.Na/c7-5-4(9(12)13)1-3(2-8-5)6(10)11;/h1-2H,(H3,7,8,10,11);/q;+1/p-1. The van der Waals surface area contributed by atoms with Crippen molar-refractivity contribution in [2.45, 2.75) is 0 Å². The Labute approximate surface area is 100 Å². The Bertz CT molecular complexity index is 381. The molecule has 1 aromatic rings. The Morgan fingerprint density at radius 2 is 2.21 bits per heavy atom. The zero-order valence-corrected chi connectivity index (χ0v) is 9.22. The van der Waals surface area contributed by atoms with Gasteiger partial charge in [-0.05, 0) is 0 Å². The molecule has 0 atom stereocenters. The molecule has 0 aliphatic heterocycles. The first-order chi connectivity index (χ1) is 6.02. The van der Waals surface area contributed by atoms with Crippen molar-refractivity contribution in [2.75, 3.05) is 0 Å². The van der Waals surface area contributed by atoms with E-state index < -0.39 is 22.4 Å². The third-order valence-corrected chi connectivity index (χ3v) is 1.31. The second-order valence-electron chi connectivity index (χ2n) is 2.15. The molecular formula is C6H4N3NaO4. The van der Waals surface area contributed by atoms with Crippen molar-refractivity contribution >= 4 is 17.5 Å². The first kappa shape index (κ1) is 12.8. The fourth-order valence-electron chi connectivity index (χ4n) is 0.709. The number of nitrogens with zero attached hydrogens (tertiary/aromatic N) is 2. The van der Waals surface area contributed by atoms with Crippen LogP contribution in [0.2, 0.25) is 0 Å². The average Bonchev–Trinajstić information content (AvgIpc) is 2.04. The average molecular weight is 205 g/mol. The molecule has 14 heavy (non-hydrogen) atoms. The van der Waals surface area contributed by atoms with Gasteiger partial charge in [-0.15, -0.1) is 0 Å². The van der Waals surface area contributed by atoms with Crippen LogP contribution in [0.5, 0.6) is 0 Å². The predicted molar refractivity (Wildman–Crippen MR) is 41.8 cm³/mol. The number of carboxylic acids is 1. The van der Waals surface area contributed by atoms with Crippen molar-refractivity contribution in [2.24, 2.45) is 0 Å². The van der Waals surface area contributed by atoms with Crippen molar-refractivity contribution in [3.05, 3.63) is 33.7 Å². The van der Waals surface area contributed by atoms with Gasteiger partial charge >= 0.3 is 35.5 Å². The Balaban J connectivity index is 0.00000169. The monoisotopic (exact) mass is 205 g/mol. The number of pyridine rings is 1. The number of hydrogen-bond acceptors (Lipinski definition) is 4. The molecule has 0 saturated carbocycles. The van der Waals surface area contributed by atoms with E-state index in [0.29, 0.717) is 0 Å². The van der Waals surface area contributed by atoms with E-state index in [0.717, 1.165) is 12.3 Å². The SMILES string of the molecule is [NH-]c1ncc(C(=O)O)cc1[N+](=O)[O-].[Na+]. The summed E-state index contributed by atoms with van der Waals surface area (Å²) < 4.78 is 0. The van der Waals surface area contributed by atoms with Gasteiger partial charge in [0, 0.05) is 11.9 Å². The summed E-state index contributed by atoms with van der Waals surface area (Å²) in [4.78, 5) is 23.0. The van der Waals surface area contributed by atoms with Crippen LogP contribution < -0.4 is 29.6 Å². The van der Waals surface area contributed by atoms with Crippen molar-refractivity contribution in [3.63, 3.8) is 0 Å². The van der Waals surface area contributed by atoms with Crippen LogP contribution in [0.1, 0.15) is 10.4 Å². The summed E-state index contributed by atoms with van der Waals surface area (Å²) in [5, 5.41) is 18.7. The molecule has 68 valence electrons. The van der Waals surface area contributed by atoms with Gasteiger partial charge in [-0.3, -0.25) is 10.1 Å². The maximum absolute atomic E-state index is 10.4. The fourth-order valence-corrected chi connectivity index (χ4v) is 0.709. The second kappa shape index (κ2) is 4.89. The van der Waals surface area contributed by atoms with Gasteiger partial charge in [-0.2, -0.15) is 0 Å². The third-order valence-electron chi connectivity index (χ3n) is 1.31. The van der Waals surface area contributed by atoms with E-state index in [1.54, 1.807) is 0 Å². The summed E-state index contributed by atoms with van der Waals surface area (Å²) in [5.74, 6) is -1.86. The van der Waals surface area contributed by atoms with E-state index in [1.807, 2.05) is 0 Å². The first-order valence-electron chi connectivity index (χ1n) is 3.11. The maximum Gasteiger partial charge on any atom is 1.00 e. The number of carboxylic acid groups (broad SMARTS) is 1. The molecule has 0 bridgehead atoms. The van der Waals surface area contributed by atoms with Gasteiger partial charge in [0.1, 0.15) is 0 Å². The van der Waals surface area contributed by atoms with E-state index in [-0.39, 0.29) is 35.1 Å². The van der Waals surface area contributed by atoms with Crippen molar-refractivity contribution in [1.29, 1.82) is 0 Å². The van der Waals surface area contributed by atoms with Crippen molar-refractivity contribution in [3.8, 4) is 0 Å². The minimum absolute atomic E-state index is 0. The van der Waals surface area contributed by atoms with Gasteiger partial charge in [-0.1, -0.05) is 6.20 Å². The normalized spacial score (nSPS) is 8.86. The summed E-state index contributed by atoms with van der Waals surface area (Å²) in [6.07, 6.45) is 0.900. The van der Waals surface area contributed by atoms with Gasteiger partial charge in [0.05, 0.1) is 10.5 Å². The Morgan fingerprint density at radius 1 is 1.64 bits per heavy atom. The molecule has 1 heterocycles. The fraction of sp³-hybridized carbons (Fsp3) is 0. The number of carbonyl (C=O) groups is 1. The Hall–Kier alpha value is -1.18. The molecule has 2 N–H and O–H groups in total. The summed E-state index contributed by atoms with van der Waals surface area (Å²) in [6.45, 7) is 0. The molecular weight excluding hydrogens is 201 g/mol. The van der Waals surface area contributed by atoms with Gasteiger partial charge < -0.3 is 15.8 Å². The van der Waals surface area contributed by atoms with Gasteiger partial charge in [-0.25, -0.2) is 4.79 Å². The van der Waals surface area contributed by atoms with Gasteiger partial charge in [0.2, 0.25) is 0 Å². The zero-order chi connectivity index (χ0) is 10.0. The molecule has 0 radical (unpaired) electrons. The quantitative estimate of drug-likeness (QED) is 0.353. The Morgan fingerprint density at radius 3 is 2.64 bits per heavy atom. The van der Waals surface area contributed by atoms with Crippen LogP contribution in [0.15, 0.2) is 12.3 Å². The molecule has 0 saturated heterocycles. The maximum atomic E-state index is 10.4. The van der Waals surface area contributed by atoms with E-state index >= 15 is 0 Å². The predicted octanol–water partition coefficient (Wildman–Crippen LogP) is -1.62. The second-order valence-corrected chi connectivity index (χ2v) is 2.15. The zero-order valence-electron chi connectivity index (χ0n) is 7.22. The largest absolute Gasteiger partial charge is 1.00 e. The van der Waals surface area contributed by atoms with Crippen LogP contribution in [-0.2, 0) is 0 Å². The van der Waals surface area contributed by atoms with E-state index in [4.69, 9.17) is 10.8 Å². The van der Waals surface area contributed by atoms with E-state index in [9.17, 15) is 14.9 Å². The van der Waals surface area contributed by atoms with Crippen LogP contribution >= 0.6 is 0 Å². The van der Waals surface area contributed by atoms with Crippen molar-refractivity contribution in [1.82, 2.24) is 4.98 Å². The number of aromatic nitrogens is 1. The molecule has 0 aliphatic rings. The molecule has 0 amide bonds. The molecule has 0 spiro atoms. The van der Waals surface area contributed by atoms with Gasteiger partial charge in [0.25, 0.3) is 5.69 Å². The molecule has 0 fully saturated rings. The molecule has 0 unspecified atom stereocenters.